The molecule has 0 spiro atoms. The van der Waals surface area contributed by atoms with Crippen molar-refractivity contribution in [3.63, 3.8) is 0 Å². The van der Waals surface area contributed by atoms with Crippen LogP contribution in [0.2, 0.25) is 0 Å². The third kappa shape index (κ3) is 8.43. The number of alkyl halides is 3. The Morgan fingerprint density at radius 3 is 0.936 bits per heavy atom. The highest BCUT2D eigenvalue weighted by molar-refractivity contribution is 6.13. The van der Waals surface area contributed by atoms with Crippen LogP contribution in [0.4, 0.5) is 13.2 Å². The highest BCUT2D eigenvalue weighted by Gasteiger charge is 2.32. The molecule has 6 aromatic carbocycles. The second-order valence-corrected chi connectivity index (χ2v) is 19.0. The van der Waals surface area contributed by atoms with Crippen molar-refractivity contribution < 1.29 is 13.2 Å². The van der Waals surface area contributed by atoms with Gasteiger partial charge >= 0.3 is 6.18 Å². The number of nitriles is 2. The zero-order valence-corrected chi connectivity index (χ0v) is 43.1. The van der Waals surface area contributed by atoms with E-state index in [1.54, 1.807) is 67.5 Å². The van der Waals surface area contributed by atoms with Crippen LogP contribution in [0.1, 0.15) is 63.3 Å². The second-order valence-electron chi connectivity index (χ2n) is 19.0. The summed E-state index contributed by atoms with van der Waals surface area (Å²) in [5.74, 6) is 5.93. The molecule has 78 heavy (non-hydrogen) atoms. The number of nitrogens with zero attached hydrogens (tertiary/aromatic N) is 16. The molecular formula is C59H41F3N16. The summed E-state index contributed by atoms with van der Waals surface area (Å²) in [5, 5.41) is 25.9. The monoisotopic (exact) mass is 1030 g/mol. The lowest BCUT2D eigenvalue weighted by molar-refractivity contribution is -0.137. The van der Waals surface area contributed by atoms with Crippen molar-refractivity contribution in [1.82, 2.24) is 68.9 Å². The van der Waals surface area contributed by atoms with Gasteiger partial charge in [0, 0.05) is 43.8 Å². The van der Waals surface area contributed by atoms with Gasteiger partial charge < -0.3 is 9.13 Å². The van der Waals surface area contributed by atoms with E-state index >= 15 is 0 Å². The molecule has 12 rings (SSSR count). The molecule has 6 aromatic heterocycles. The number of benzene rings is 6. The fourth-order valence-corrected chi connectivity index (χ4v) is 10.4. The molecule has 0 bridgehead atoms. The van der Waals surface area contributed by atoms with Gasteiger partial charge in [-0.2, -0.15) is 23.7 Å². The number of aryl methyl sites for hydroxylation is 8. The molecule has 0 amide bonds. The molecule has 0 saturated carbocycles. The normalized spacial score (nSPS) is 11.8. The zero-order valence-electron chi connectivity index (χ0n) is 43.1. The Morgan fingerprint density at radius 1 is 0.359 bits per heavy atom. The maximum atomic E-state index is 14.4. The summed E-state index contributed by atoms with van der Waals surface area (Å²) in [7, 11) is 0. The van der Waals surface area contributed by atoms with Gasteiger partial charge in [-0.25, -0.2) is 59.8 Å². The molecular weight excluding hydrogens is 990 g/mol. The number of rotatable bonds is 7. The predicted octanol–water partition coefficient (Wildman–Crippen LogP) is 12.2. The van der Waals surface area contributed by atoms with Crippen LogP contribution in [0.15, 0.2) is 103 Å². The van der Waals surface area contributed by atoms with Crippen molar-refractivity contribution in [2.24, 2.45) is 0 Å². The summed E-state index contributed by atoms with van der Waals surface area (Å²) in [6, 6.07) is 34.6. The maximum Gasteiger partial charge on any atom is 0.416 e. The van der Waals surface area contributed by atoms with Crippen molar-refractivity contribution >= 4 is 43.6 Å². The van der Waals surface area contributed by atoms with E-state index in [9.17, 15) is 23.7 Å². The number of fused-ring (bicyclic) bond motifs is 6. The van der Waals surface area contributed by atoms with Crippen LogP contribution in [-0.4, -0.2) is 68.9 Å². The van der Waals surface area contributed by atoms with Crippen molar-refractivity contribution in [3.05, 3.63) is 166 Å². The molecule has 0 saturated heterocycles. The molecule has 16 nitrogen and oxygen atoms in total. The van der Waals surface area contributed by atoms with Gasteiger partial charge in [0.2, 0.25) is 0 Å². The largest absolute Gasteiger partial charge is 0.416 e. The highest BCUT2D eigenvalue weighted by atomic mass is 19.4. The number of hydrogen-bond donors (Lipinski definition) is 0. The van der Waals surface area contributed by atoms with Gasteiger partial charge in [-0.15, -0.1) is 0 Å². The van der Waals surface area contributed by atoms with E-state index < -0.39 is 11.7 Å². The van der Waals surface area contributed by atoms with Crippen LogP contribution in [-0.2, 0) is 6.18 Å². The Hall–Kier alpha value is -10.3. The summed E-state index contributed by atoms with van der Waals surface area (Å²) in [5.41, 5.74) is 5.34. The lowest BCUT2D eigenvalue weighted by atomic mass is 9.95. The van der Waals surface area contributed by atoms with E-state index in [4.69, 9.17) is 39.9 Å². The number of hydrogen-bond acceptors (Lipinski definition) is 14. The Balaban J connectivity index is 1.26. The van der Waals surface area contributed by atoms with E-state index in [1.807, 2.05) is 88.0 Å². The fourth-order valence-electron chi connectivity index (χ4n) is 10.4. The van der Waals surface area contributed by atoms with Gasteiger partial charge in [-0.3, -0.25) is 0 Å². The average molecular weight is 1030 g/mol. The molecule has 0 N–H and O–H groups in total. The summed E-state index contributed by atoms with van der Waals surface area (Å²) < 4.78 is 47.2. The first-order chi connectivity index (χ1) is 37.4. The minimum Gasteiger partial charge on any atom is -0.308 e. The molecule has 12 aromatic rings. The summed E-state index contributed by atoms with van der Waals surface area (Å²) in [6.45, 7) is 14.3. The molecule has 0 aliphatic rings. The van der Waals surface area contributed by atoms with Crippen LogP contribution in [0, 0.1) is 78.1 Å². The minimum atomic E-state index is -4.74. The van der Waals surface area contributed by atoms with Crippen molar-refractivity contribution in [2.75, 3.05) is 0 Å². The van der Waals surface area contributed by atoms with Crippen molar-refractivity contribution in [3.8, 4) is 80.2 Å². The maximum absolute atomic E-state index is 14.4. The SMILES string of the molecule is Cc1nc(C)nc(-c2ccc3c4ccc(-c5nc(C)nc(C)n5)cc4n(-c4cc(-c5ccc(C(F)(F)F)cc5C#N)cc(-n5c6cc(-c7nc(C)nc(C)n7)ccc6c6ccc(-c7nc(C)nc(C)n7)cc65)c4C#N)c3c2)n1. The van der Waals surface area contributed by atoms with Gasteiger partial charge in [0.15, 0.2) is 23.3 Å². The van der Waals surface area contributed by atoms with Crippen LogP contribution in [0.5, 0.6) is 0 Å². The molecule has 0 radical (unpaired) electrons. The summed E-state index contributed by atoms with van der Waals surface area (Å²) >= 11 is 0. The fraction of sp³-hybridized carbons (Fsp3) is 0.153. The highest BCUT2D eigenvalue weighted by Crippen LogP contribution is 2.44. The Morgan fingerprint density at radius 2 is 0.667 bits per heavy atom. The summed E-state index contributed by atoms with van der Waals surface area (Å²) in [6.07, 6.45) is -4.74. The van der Waals surface area contributed by atoms with E-state index in [-0.39, 0.29) is 16.7 Å². The Labute approximate surface area is 442 Å². The topological polar surface area (TPSA) is 212 Å². The molecule has 6 heterocycles. The van der Waals surface area contributed by atoms with Crippen LogP contribution in [0.25, 0.3) is 112 Å². The van der Waals surface area contributed by atoms with Crippen LogP contribution >= 0.6 is 0 Å². The number of halogens is 3. The first-order valence-electron chi connectivity index (χ1n) is 24.6. The number of aromatic nitrogens is 14. The molecule has 0 atom stereocenters. The smallest absolute Gasteiger partial charge is 0.308 e. The molecule has 19 heteroatoms. The lowest BCUT2D eigenvalue weighted by Crippen LogP contribution is -2.07. The molecule has 0 aliphatic carbocycles. The van der Waals surface area contributed by atoms with E-state index in [1.165, 1.54) is 6.07 Å². The van der Waals surface area contributed by atoms with E-state index in [0.29, 0.717) is 131 Å². The van der Waals surface area contributed by atoms with Crippen molar-refractivity contribution in [2.45, 2.75) is 61.6 Å². The average Bonchev–Trinajstić information content (AvgIpc) is 4.01. The predicted molar refractivity (Wildman–Crippen MR) is 288 cm³/mol. The third-order valence-corrected chi connectivity index (χ3v) is 13.5. The third-order valence-electron chi connectivity index (χ3n) is 13.5. The van der Waals surface area contributed by atoms with Gasteiger partial charge in [0.25, 0.3) is 0 Å². The van der Waals surface area contributed by atoms with Gasteiger partial charge in [-0.1, -0.05) is 54.6 Å². The molecule has 0 fully saturated rings. The molecule has 378 valence electrons. The standard InChI is InChI=1S/C59H41F3N16/c1-28-65-29(2)70-55(69-28)36-9-14-44-45-15-10-37(56-71-30(3)66-31(4)72-56)21-50(45)77(49(44)20-36)53-24-40(43-18-13-42(59(60,61)62)19-41(43)26-63)25-54(48(53)27-64)78-51-22-38(57-73-32(5)67-33(6)74-57)11-16-46(51)47-17-12-39(23-52(47)78)58-75-34(7)68-35(8)76-58/h9-25H,1-8H3. The zero-order chi connectivity index (χ0) is 54.5. The second kappa shape index (κ2) is 18.2. The molecule has 0 aliphatic heterocycles. The van der Waals surface area contributed by atoms with Gasteiger partial charge in [-0.05, 0) is 115 Å². The Kier molecular flexibility index (Phi) is 11.4. The van der Waals surface area contributed by atoms with Crippen LogP contribution < -0.4 is 0 Å². The van der Waals surface area contributed by atoms with Crippen LogP contribution in [0.3, 0.4) is 0 Å². The quantitative estimate of drug-likeness (QED) is 0.145. The minimum absolute atomic E-state index is 0.172. The summed E-state index contributed by atoms with van der Waals surface area (Å²) in [4.78, 5) is 55.3. The van der Waals surface area contributed by atoms with Crippen molar-refractivity contribution in [1.29, 1.82) is 10.5 Å². The van der Waals surface area contributed by atoms with E-state index in [0.717, 1.165) is 33.7 Å². The van der Waals surface area contributed by atoms with Gasteiger partial charge in [0.05, 0.1) is 50.6 Å². The van der Waals surface area contributed by atoms with E-state index in [2.05, 4.69) is 26.0 Å². The first-order valence-corrected chi connectivity index (χ1v) is 24.6. The first kappa shape index (κ1) is 48.7. The lowest BCUT2D eigenvalue weighted by Gasteiger charge is -2.19. The molecule has 0 unspecified atom stereocenters. The Bertz CT molecular complexity index is 4090. The van der Waals surface area contributed by atoms with Gasteiger partial charge in [0.1, 0.15) is 58.2 Å².